The number of rotatable bonds is 8. The minimum atomic E-state index is 0. The summed E-state index contributed by atoms with van der Waals surface area (Å²) in [4.78, 5) is 4.24. The summed E-state index contributed by atoms with van der Waals surface area (Å²) in [6.07, 6.45) is 2.32. The number of guanidine groups is 1. The molecule has 1 aromatic rings. The van der Waals surface area contributed by atoms with E-state index in [4.69, 9.17) is 4.74 Å². The molecule has 1 aromatic heterocycles. The Balaban J connectivity index is 0.00000441. The van der Waals surface area contributed by atoms with Gasteiger partial charge in [0.1, 0.15) is 0 Å². The molecule has 0 amide bonds. The molecule has 0 aliphatic rings. The predicted molar refractivity (Wildman–Crippen MR) is 102 cm³/mol. The van der Waals surface area contributed by atoms with E-state index in [9.17, 15) is 0 Å². The summed E-state index contributed by atoms with van der Waals surface area (Å²) >= 11 is 0. The van der Waals surface area contributed by atoms with Gasteiger partial charge >= 0.3 is 0 Å². The van der Waals surface area contributed by atoms with E-state index in [0.29, 0.717) is 6.61 Å². The van der Waals surface area contributed by atoms with Crippen LogP contribution in [-0.4, -0.2) is 43.0 Å². The van der Waals surface area contributed by atoms with E-state index in [-0.39, 0.29) is 24.0 Å². The van der Waals surface area contributed by atoms with Crippen LogP contribution in [0.1, 0.15) is 36.7 Å². The van der Waals surface area contributed by atoms with Gasteiger partial charge in [-0.25, -0.2) is 0 Å². The van der Waals surface area contributed by atoms with Gasteiger partial charge in [0.05, 0.1) is 18.8 Å². The third-order valence-electron chi connectivity index (χ3n) is 3.52. The molecule has 6 nitrogen and oxygen atoms in total. The molecule has 0 radical (unpaired) electrons. The topological polar surface area (TPSA) is 63.5 Å². The van der Waals surface area contributed by atoms with Gasteiger partial charge in [0.25, 0.3) is 0 Å². The smallest absolute Gasteiger partial charge is 0.191 e. The number of unbranched alkanes of at least 4 members (excludes halogenated alkanes) is 1. The van der Waals surface area contributed by atoms with Gasteiger partial charge in [0, 0.05) is 38.5 Å². The Kier molecular flexibility index (Phi) is 11.3. The van der Waals surface area contributed by atoms with Gasteiger partial charge in [0.15, 0.2) is 5.96 Å². The molecule has 0 spiro atoms. The monoisotopic (exact) mass is 423 g/mol. The molecular weight excluding hydrogens is 393 g/mol. The average Bonchev–Trinajstić information content (AvgIpc) is 2.75. The number of nitrogens with zero attached hydrogens (tertiary/aromatic N) is 3. The van der Waals surface area contributed by atoms with Crippen LogP contribution in [0.2, 0.25) is 0 Å². The van der Waals surface area contributed by atoms with Crippen LogP contribution in [0.25, 0.3) is 0 Å². The summed E-state index contributed by atoms with van der Waals surface area (Å²) < 4.78 is 7.12. The third-order valence-corrected chi connectivity index (χ3v) is 3.52. The molecule has 2 N–H and O–H groups in total. The molecule has 1 rings (SSSR count). The molecule has 0 fully saturated rings. The van der Waals surface area contributed by atoms with Crippen molar-refractivity contribution in [3.8, 4) is 0 Å². The van der Waals surface area contributed by atoms with Gasteiger partial charge in [0.2, 0.25) is 0 Å². The van der Waals surface area contributed by atoms with Gasteiger partial charge in [-0.2, -0.15) is 5.10 Å². The molecule has 0 unspecified atom stereocenters. The van der Waals surface area contributed by atoms with E-state index in [1.54, 1.807) is 14.2 Å². The molecule has 0 aromatic carbocycles. The highest BCUT2D eigenvalue weighted by molar-refractivity contribution is 14.0. The van der Waals surface area contributed by atoms with E-state index in [1.165, 1.54) is 17.7 Å². The zero-order valence-corrected chi connectivity index (χ0v) is 16.7. The Morgan fingerprint density at radius 3 is 2.64 bits per heavy atom. The van der Waals surface area contributed by atoms with Crippen molar-refractivity contribution in [2.24, 2.45) is 4.99 Å². The number of nitrogens with one attached hydrogen (secondary N) is 2. The average molecular weight is 423 g/mol. The lowest BCUT2D eigenvalue weighted by Gasteiger charge is -2.12. The van der Waals surface area contributed by atoms with E-state index in [1.807, 2.05) is 11.6 Å². The first-order valence-corrected chi connectivity index (χ1v) is 7.60. The summed E-state index contributed by atoms with van der Waals surface area (Å²) in [7, 11) is 3.50. The maximum absolute atomic E-state index is 5.11. The molecule has 22 heavy (non-hydrogen) atoms. The minimum Gasteiger partial charge on any atom is -0.383 e. The van der Waals surface area contributed by atoms with Crippen molar-refractivity contribution in [3.05, 3.63) is 17.0 Å². The van der Waals surface area contributed by atoms with Crippen LogP contribution in [-0.2, 0) is 17.8 Å². The number of hydrogen-bond acceptors (Lipinski definition) is 3. The van der Waals surface area contributed by atoms with Crippen LogP contribution in [0.4, 0.5) is 0 Å². The predicted octanol–water partition coefficient (Wildman–Crippen LogP) is 2.23. The summed E-state index contributed by atoms with van der Waals surface area (Å²) in [6.45, 7) is 9.46. The molecule has 0 bridgehead atoms. The first kappa shape index (κ1) is 21.2. The Bertz CT molecular complexity index is 459. The third kappa shape index (κ3) is 6.51. The van der Waals surface area contributed by atoms with Crippen molar-refractivity contribution in [2.75, 3.05) is 27.3 Å². The number of ether oxygens (including phenoxy) is 1. The Morgan fingerprint density at radius 2 is 2.05 bits per heavy atom. The van der Waals surface area contributed by atoms with Crippen LogP contribution in [0.15, 0.2) is 4.99 Å². The quantitative estimate of drug-likeness (QED) is 0.291. The van der Waals surface area contributed by atoms with Gasteiger partial charge in [-0.15, -0.1) is 24.0 Å². The lowest BCUT2D eigenvalue weighted by molar-refractivity contribution is 0.182. The molecular formula is C15H30IN5O. The Labute approximate surface area is 151 Å². The largest absolute Gasteiger partial charge is 0.383 e. The van der Waals surface area contributed by atoms with Gasteiger partial charge in [-0.1, -0.05) is 13.3 Å². The zero-order valence-electron chi connectivity index (χ0n) is 14.4. The summed E-state index contributed by atoms with van der Waals surface area (Å²) in [5, 5.41) is 11.2. The molecule has 0 aliphatic carbocycles. The Morgan fingerprint density at radius 1 is 1.32 bits per heavy atom. The summed E-state index contributed by atoms with van der Waals surface area (Å²) in [5.74, 6) is 0.840. The number of aliphatic imine (C=N–C) groups is 1. The molecule has 0 atom stereocenters. The molecule has 1 heterocycles. The molecule has 0 saturated carbocycles. The SMILES string of the molecule is CCCCNC(=NC)NCc1c(C)nn(CCOC)c1C.I. The zero-order chi connectivity index (χ0) is 15.7. The van der Waals surface area contributed by atoms with Crippen LogP contribution >= 0.6 is 24.0 Å². The number of halogens is 1. The van der Waals surface area contributed by atoms with Gasteiger partial charge < -0.3 is 15.4 Å². The first-order valence-electron chi connectivity index (χ1n) is 7.60. The summed E-state index contributed by atoms with van der Waals surface area (Å²) in [5.41, 5.74) is 3.46. The minimum absolute atomic E-state index is 0. The Hall–Kier alpha value is -0.830. The maximum Gasteiger partial charge on any atom is 0.191 e. The lowest BCUT2D eigenvalue weighted by atomic mass is 10.2. The van der Waals surface area contributed by atoms with Gasteiger partial charge in [-0.05, 0) is 20.3 Å². The number of aryl methyl sites for hydroxylation is 1. The lowest BCUT2D eigenvalue weighted by Crippen LogP contribution is -2.37. The standard InChI is InChI=1S/C15H29N5O.HI/c1-6-7-8-17-15(16-4)18-11-14-12(2)19-20(13(14)3)9-10-21-5;/h6-11H2,1-5H3,(H2,16,17,18);1H. The second-order valence-electron chi connectivity index (χ2n) is 5.07. The van der Waals surface area contributed by atoms with Crippen molar-refractivity contribution in [3.63, 3.8) is 0 Å². The molecule has 0 saturated heterocycles. The molecule has 128 valence electrons. The number of aromatic nitrogens is 2. The van der Waals surface area contributed by atoms with Crippen LogP contribution in [0, 0.1) is 13.8 Å². The fourth-order valence-electron chi connectivity index (χ4n) is 2.16. The van der Waals surface area contributed by atoms with E-state index >= 15 is 0 Å². The van der Waals surface area contributed by atoms with Crippen molar-refractivity contribution < 1.29 is 4.74 Å². The second-order valence-corrected chi connectivity index (χ2v) is 5.07. The second kappa shape index (κ2) is 11.7. The van der Waals surface area contributed by atoms with Crippen molar-refractivity contribution in [2.45, 2.75) is 46.7 Å². The maximum atomic E-state index is 5.11. The van der Waals surface area contributed by atoms with E-state index in [2.05, 4.69) is 34.6 Å². The van der Waals surface area contributed by atoms with Crippen molar-refractivity contribution in [1.82, 2.24) is 20.4 Å². The molecule has 7 heteroatoms. The van der Waals surface area contributed by atoms with Gasteiger partial charge in [-0.3, -0.25) is 9.67 Å². The highest BCUT2D eigenvalue weighted by Gasteiger charge is 2.11. The normalized spacial score (nSPS) is 11.2. The number of hydrogen-bond donors (Lipinski definition) is 2. The summed E-state index contributed by atoms with van der Waals surface area (Å²) in [6, 6.07) is 0. The highest BCUT2D eigenvalue weighted by Crippen LogP contribution is 2.12. The van der Waals surface area contributed by atoms with Crippen molar-refractivity contribution >= 4 is 29.9 Å². The van der Waals surface area contributed by atoms with E-state index in [0.717, 1.165) is 37.7 Å². The first-order chi connectivity index (χ1) is 10.1. The highest BCUT2D eigenvalue weighted by atomic mass is 127. The van der Waals surface area contributed by atoms with Crippen LogP contribution in [0.5, 0.6) is 0 Å². The number of methoxy groups -OCH3 is 1. The van der Waals surface area contributed by atoms with Crippen molar-refractivity contribution in [1.29, 1.82) is 0 Å². The van der Waals surface area contributed by atoms with E-state index < -0.39 is 0 Å². The fraction of sp³-hybridized carbons (Fsp3) is 0.733. The van der Waals surface area contributed by atoms with Crippen LogP contribution < -0.4 is 10.6 Å². The van der Waals surface area contributed by atoms with Crippen LogP contribution in [0.3, 0.4) is 0 Å². The molecule has 0 aliphatic heterocycles. The fourth-order valence-corrected chi connectivity index (χ4v) is 2.16.